The number of ketones is 2. The van der Waals surface area contributed by atoms with Gasteiger partial charge in [-0.3, -0.25) is 38.6 Å². The molecule has 80 heavy (non-hydrogen) atoms. The van der Waals surface area contributed by atoms with Gasteiger partial charge in [0, 0.05) is 107 Å². The molecule has 3 atom stereocenters. The van der Waals surface area contributed by atoms with Crippen LogP contribution in [0.3, 0.4) is 0 Å². The normalized spacial score (nSPS) is 16.9. The number of alkyl halides is 2. The summed E-state index contributed by atoms with van der Waals surface area (Å²) in [6.07, 6.45) is 2.31. The second-order valence-electron chi connectivity index (χ2n) is 19.9. The fourth-order valence-corrected chi connectivity index (χ4v) is 9.04. The Balaban J connectivity index is 0.000000261. The summed E-state index contributed by atoms with van der Waals surface area (Å²) in [5, 5.41) is 14.2. The molecule has 0 saturated carbocycles. The first-order valence-electron chi connectivity index (χ1n) is 26.6. The van der Waals surface area contributed by atoms with E-state index in [4.69, 9.17) is 18.9 Å². The van der Waals surface area contributed by atoms with E-state index in [9.17, 15) is 42.7 Å². The number of likely N-dealkylation sites (tertiary alicyclic amines) is 2. The monoisotopic (exact) mass is 1100 g/mol. The predicted molar refractivity (Wildman–Crippen MR) is 295 cm³/mol. The summed E-state index contributed by atoms with van der Waals surface area (Å²) >= 11 is 0. The van der Waals surface area contributed by atoms with Gasteiger partial charge in [0.25, 0.3) is 23.6 Å². The zero-order valence-electron chi connectivity index (χ0n) is 46.4. The number of carbonyl (C=O) groups is 6. The van der Waals surface area contributed by atoms with Crippen molar-refractivity contribution in [1.82, 2.24) is 30.2 Å². The van der Waals surface area contributed by atoms with Crippen LogP contribution in [-0.2, 0) is 51.2 Å². The molecule has 3 heterocycles. The lowest BCUT2D eigenvalue weighted by atomic mass is 9.92. The molecular formula is C61H72F2N6O11. The number of Topliss-reactive ketones (excluding diaryl/α,β-unsaturated/α-hetero) is 2. The summed E-state index contributed by atoms with van der Waals surface area (Å²) in [6.45, 7) is 6.31. The maximum atomic E-state index is 13.4. The van der Waals surface area contributed by atoms with E-state index in [2.05, 4.69) is 44.1 Å². The van der Waals surface area contributed by atoms with Gasteiger partial charge >= 0.3 is 0 Å². The van der Waals surface area contributed by atoms with E-state index in [1.807, 2.05) is 48.5 Å². The molecule has 1 unspecified atom stereocenters. The fraction of sp³-hybridized carbons (Fsp3) is 0.443. The molecule has 4 aromatic carbocycles. The number of amides is 4. The topological polar surface area (TPSA) is 197 Å². The number of hydrogen-bond acceptors (Lipinski definition) is 13. The molecule has 3 N–H and O–H groups in total. The minimum absolute atomic E-state index is 0.117. The average Bonchev–Trinajstić information content (AvgIpc) is 3.48. The minimum atomic E-state index is -1.84. The molecule has 0 aromatic heterocycles. The van der Waals surface area contributed by atoms with Gasteiger partial charge in [0.15, 0.2) is 28.9 Å². The van der Waals surface area contributed by atoms with Crippen molar-refractivity contribution in [2.75, 3.05) is 101 Å². The van der Waals surface area contributed by atoms with Crippen LogP contribution in [0.4, 0.5) is 8.78 Å². The van der Waals surface area contributed by atoms with E-state index < -0.39 is 72.5 Å². The molecule has 3 saturated heterocycles. The van der Waals surface area contributed by atoms with Gasteiger partial charge in [-0.1, -0.05) is 47.9 Å². The number of benzene rings is 4. The number of carbonyl (C=O) groups excluding carboxylic acids is 6. The molecule has 0 radical (unpaired) electrons. The number of ether oxygens (including phenoxy) is 4. The van der Waals surface area contributed by atoms with Crippen LogP contribution >= 0.6 is 0 Å². The summed E-state index contributed by atoms with van der Waals surface area (Å²) in [5.74, 6) is 8.78. The lowest BCUT2D eigenvalue weighted by molar-refractivity contribution is -0.174. The largest absolute Gasteiger partial charge is 0.388 e. The Kier molecular flexibility index (Phi) is 23.1. The van der Waals surface area contributed by atoms with Gasteiger partial charge in [-0.2, -0.15) is 0 Å². The molecule has 426 valence electrons. The zero-order valence-corrected chi connectivity index (χ0v) is 46.4. The lowest BCUT2D eigenvalue weighted by Crippen LogP contribution is -2.62. The minimum Gasteiger partial charge on any atom is -0.388 e. The molecule has 0 spiro atoms. The SMILES string of the molecule is CNC(=O)[C@@](C)(C(=O)CO)N(C)C(=O)c1ccc(C#Cc2ccc(CN3CC(OCCF)C3)cc2)cc1.CNC(=O)[C@@](C)(C(=O)COC1CCCCO1)N(C)C(=O)c1ccc(C#Cc2ccc(CN3CC(OCCF)C3)cc2)cc1. The predicted octanol–water partition coefficient (Wildman–Crippen LogP) is 4.34. The van der Waals surface area contributed by atoms with Crippen molar-refractivity contribution in [3.05, 3.63) is 142 Å². The van der Waals surface area contributed by atoms with E-state index >= 15 is 0 Å². The molecule has 17 nitrogen and oxygen atoms in total. The third-order valence-electron chi connectivity index (χ3n) is 14.5. The number of likely N-dealkylation sites (N-methyl/N-ethyl adjacent to an activating group) is 4. The highest BCUT2D eigenvalue weighted by Crippen LogP contribution is 2.24. The second kappa shape index (κ2) is 29.9. The molecule has 7 rings (SSSR count). The van der Waals surface area contributed by atoms with E-state index in [0.29, 0.717) is 29.7 Å². The van der Waals surface area contributed by atoms with Crippen LogP contribution < -0.4 is 10.6 Å². The highest BCUT2D eigenvalue weighted by molar-refractivity contribution is 6.15. The maximum Gasteiger partial charge on any atom is 0.254 e. The Bertz CT molecular complexity index is 2850. The quantitative estimate of drug-likeness (QED) is 0.0744. The number of aliphatic hydroxyl groups excluding tert-OH is 1. The summed E-state index contributed by atoms with van der Waals surface area (Å²) in [5.41, 5.74) is 2.43. The third-order valence-corrected chi connectivity index (χ3v) is 14.5. The Morgan fingerprint density at radius 3 is 1.31 bits per heavy atom. The number of rotatable bonds is 22. The molecule has 3 aliphatic heterocycles. The van der Waals surface area contributed by atoms with Crippen LogP contribution in [0.2, 0.25) is 0 Å². The molecule has 0 bridgehead atoms. The summed E-state index contributed by atoms with van der Waals surface area (Å²) in [4.78, 5) is 83.7. The van der Waals surface area contributed by atoms with Crippen molar-refractivity contribution in [3.63, 3.8) is 0 Å². The molecule has 4 amide bonds. The van der Waals surface area contributed by atoms with E-state index in [1.165, 1.54) is 42.0 Å². The van der Waals surface area contributed by atoms with Gasteiger partial charge in [-0.25, -0.2) is 8.78 Å². The zero-order chi connectivity index (χ0) is 57.8. The number of aliphatic hydroxyl groups is 1. The fourth-order valence-electron chi connectivity index (χ4n) is 9.04. The lowest BCUT2D eigenvalue weighted by Gasteiger charge is -2.38. The van der Waals surface area contributed by atoms with Gasteiger partial charge < -0.3 is 44.5 Å². The van der Waals surface area contributed by atoms with Gasteiger partial charge in [0.05, 0.1) is 25.4 Å². The molecule has 0 aliphatic carbocycles. The van der Waals surface area contributed by atoms with Crippen LogP contribution in [-0.4, -0.2) is 190 Å². The number of nitrogens with zero attached hydrogens (tertiary/aromatic N) is 4. The van der Waals surface area contributed by atoms with Crippen LogP contribution in [0.25, 0.3) is 0 Å². The standard InChI is InChI=1S/C33H40FN3O6.C28H32FN3O5/c1-33(32(40)35-2,29(38)23-43-30-6-4-5-18-42-30)36(3)31(39)27-15-13-25(14-16-27)8-7-24-9-11-26(12-10-24)20-37-21-28(22-37)41-19-17-34;1-28(25(34)19-33,27(36)30-2)31(3)26(35)23-12-10-21(11-13-23)5-4-20-6-8-22(9-7-20)16-32-17-24(18-32)37-15-14-29/h9-16,28,30H,4-6,17-23H2,1-3H3,(H,35,40);6-13,24,33H,14-19H2,1-3H3,(H,30,36)/t30?,33-;28-/m11/s1. The van der Waals surface area contributed by atoms with Gasteiger partial charge in [-0.15, -0.1) is 0 Å². The Morgan fingerprint density at radius 1 is 0.600 bits per heavy atom. The van der Waals surface area contributed by atoms with Crippen LogP contribution in [0.1, 0.15) is 87.2 Å². The van der Waals surface area contributed by atoms with Gasteiger partial charge in [-0.05, 0) is 117 Å². The Labute approximate surface area is 467 Å². The summed E-state index contributed by atoms with van der Waals surface area (Å²) < 4.78 is 46.3. The molecular weight excluding hydrogens is 1030 g/mol. The van der Waals surface area contributed by atoms with Crippen LogP contribution in [0.15, 0.2) is 97.1 Å². The van der Waals surface area contributed by atoms with E-state index in [0.717, 1.165) is 84.2 Å². The Morgan fingerprint density at radius 2 is 0.975 bits per heavy atom. The summed E-state index contributed by atoms with van der Waals surface area (Å²) in [7, 11) is 5.57. The highest BCUT2D eigenvalue weighted by atomic mass is 19.1. The van der Waals surface area contributed by atoms with Crippen LogP contribution in [0.5, 0.6) is 0 Å². The van der Waals surface area contributed by atoms with E-state index in [-0.39, 0.29) is 37.6 Å². The number of halogens is 2. The molecule has 19 heteroatoms. The van der Waals surface area contributed by atoms with Crippen molar-refractivity contribution in [1.29, 1.82) is 0 Å². The van der Waals surface area contributed by atoms with Crippen molar-refractivity contribution in [2.45, 2.75) is 75.8 Å². The first-order chi connectivity index (χ1) is 38.5. The van der Waals surface area contributed by atoms with Crippen LogP contribution in [0, 0.1) is 23.7 Å². The van der Waals surface area contributed by atoms with E-state index in [1.54, 1.807) is 48.5 Å². The summed E-state index contributed by atoms with van der Waals surface area (Å²) in [6, 6.07) is 29.2. The van der Waals surface area contributed by atoms with Gasteiger partial charge in [0.1, 0.15) is 26.6 Å². The second-order valence-corrected chi connectivity index (χ2v) is 19.9. The number of nitrogens with one attached hydrogen (secondary N) is 2. The smallest absolute Gasteiger partial charge is 0.254 e. The first kappa shape index (κ1) is 62.0. The van der Waals surface area contributed by atoms with Crippen molar-refractivity contribution in [2.24, 2.45) is 0 Å². The molecule has 4 aromatic rings. The number of hydrogen-bond donors (Lipinski definition) is 3. The maximum absolute atomic E-state index is 13.4. The Hall–Kier alpha value is -7.20. The third kappa shape index (κ3) is 16.2. The highest BCUT2D eigenvalue weighted by Gasteiger charge is 2.48. The van der Waals surface area contributed by atoms with Crippen molar-refractivity contribution >= 4 is 35.2 Å². The average molecular weight is 1100 g/mol. The van der Waals surface area contributed by atoms with Gasteiger partial charge in [0.2, 0.25) is 0 Å². The molecule has 3 aliphatic rings. The van der Waals surface area contributed by atoms with Crippen molar-refractivity contribution in [3.8, 4) is 23.7 Å². The van der Waals surface area contributed by atoms with Crippen molar-refractivity contribution < 1.29 is 61.6 Å². The first-order valence-corrected chi connectivity index (χ1v) is 26.6. The molecule has 3 fully saturated rings.